The van der Waals surface area contributed by atoms with Crippen molar-refractivity contribution >= 4 is 0 Å². The molecule has 0 spiro atoms. The first kappa shape index (κ1) is 17.0. The van der Waals surface area contributed by atoms with Crippen molar-refractivity contribution in [1.29, 1.82) is 0 Å². The predicted octanol–water partition coefficient (Wildman–Crippen LogP) is 4.10. The summed E-state index contributed by atoms with van der Waals surface area (Å²) in [6.45, 7) is 12.5. The number of aromatic nitrogens is 1. The molecule has 0 unspecified atom stereocenters. The molecule has 0 aliphatic carbocycles. The van der Waals surface area contributed by atoms with Crippen molar-refractivity contribution in [3.8, 4) is 5.88 Å². The molecule has 0 radical (unpaired) electrons. The maximum absolute atomic E-state index is 5.78. The van der Waals surface area contributed by atoms with Gasteiger partial charge in [-0.05, 0) is 45.2 Å². The molecule has 114 valence electrons. The van der Waals surface area contributed by atoms with Gasteiger partial charge < -0.3 is 10.1 Å². The molecule has 0 aromatic carbocycles. The number of nitrogens with one attached hydrogen (secondary N) is 1. The fourth-order valence-electron chi connectivity index (χ4n) is 1.87. The number of rotatable bonds is 8. The Bertz CT molecular complexity index is 396. The summed E-state index contributed by atoms with van der Waals surface area (Å²) in [6, 6.07) is 4.22. The molecule has 0 atom stereocenters. The molecule has 0 fully saturated rings. The smallest absolute Gasteiger partial charge is 0.213 e. The predicted molar refractivity (Wildman–Crippen MR) is 85.2 cm³/mol. The Labute approximate surface area is 124 Å². The zero-order valence-corrected chi connectivity index (χ0v) is 13.8. The van der Waals surface area contributed by atoms with Gasteiger partial charge in [0.2, 0.25) is 5.88 Å². The highest BCUT2D eigenvalue weighted by Crippen LogP contribution is 2.15. The molecule has 0 saturated heterocycles. The van der Waals surface area contributed by atoms with Gasteiger partial charge in [-0.15, -0.1) is 0 Å². The van der Waals surface area contributed by atoms with Crippen molar-refractivity contribution < 1.29 is 4.74 Å². The Morgan fingerprint density at radius 3 is 2.50 bits per heavy atom. The number of unbranched alkanes of at least 4 members (excludes halogenated alkanes) is 2. The number of hydrogen-bond donors (Lipinski definition) is 1. The Balaban J connectivity index is 2.65. The van der Waals surface area contributed by atoms with Gasteiger partial charge in [0.05, 0.1) is 6.61 Å². The molecule has 0 aliphatic heterocycles. The Morgan fingerprint density at radius 1 is 1.15 bits per heavy atom. The number of hydrogen-bond acceptors (Lipinski definition) is 3. The van der Waals surface area contributed by atoms with Crippen molar-refractivity contribution in [2.24, 2.45) is 0 Å². The lowest BCUT2D eigenvalue weighted by Crippen LogP contribution is -2.35. The van der Waals surface area contributed by atoms with Gasteiger partial charge in [0.15, 0.2) is 0 Å². The first-order valence-corrected chi connectivity index (χ1v) is 7.82. The topological polar surface area (TPSA) is 34.1 Å². The molecule has 0 amide bonds. The minimum absolute atomic E-state index is 0.123. The van der Waals surface area contributed by atoms with Crippen molar-refractivity contribution in [1.82, 2.24) is 10.3 Å². The normalized spacial score (nSPS) is 11.7. The molecule has 1 rings (SSSR count). The fourth-order valence-corrected chi connectivity index (χ4v) is 1.87. The minimum Gasteiger partial charge on any atom is -0.478 e. The maximum Gasteiger partial charge on any atom is 0.213 e. The lowest BCUT2D eigenvalue weighted by atomic mass is 10.1. The third-order valence-electron chi connectivity index (χ3n) is 3.10. The van der Waals surface area contributed by atoms with Gasteiger partial charge in [-0.25, -0.2) is 4.98 Å². The summed E-state index contributed by atoms with van der Waals surface area (Å²) >= 11 is 0. The number of aryl methyl sites for hydroxylation is 1. The zero-order chi connectivity index (χ0) is 15.0. The monoisotopic (exact) mass is 278 g/mol. The lowest BCUT2D eigenvalue weighted by Gasteiger charge is -2.21. The SMILES string of the molecule is CCCCCOc1cc(CNC(C)(C)C)cc(CC)n1. The van der Waals surface area contributed by atoms with E-state index in [1.165, 1.54) is 18.4 Å². The van der Waals surface area contributed by atoms with E-state index in [4.69, 9.17) is 4.74 Å². The summed E-state index contributed by atoms with van der Waals surface area (Å²) in [5, 5.41) is 3.51. The standard InChI is InChI=1S/C17H30N2O/c1-6-8-9-10-20-16-12-14(11-15(7-2)19-16)13-18-17(3,4)5/h11-12,18H,6-10,13H2,1-5H3. The van der Waals surface area contributed by atoms with E-state index in [2.05, 4.69) is 57.1 Å². The molecule has 1 N–H and O–H groups in total. The van der Waals surface area contributed by atoms with Gasteiger partial charge in [0, 0.05) is 23.8 Å². The molecule has 0 aliphatic rings. The first-order valence-electron chi connectivity index (χ1n) is 7.82. The van der Waals surface area contributed by atoms with Crippen LogP contribution in [-0.2, 0) is 13.0 Å². The molecule has 1 aromatic heterocycles. The first-order chi connectivity index (χ1) is 9.44. The average molecular weight is 278 g/mol. The van der Waals surface area contributed by atoms with Crippen LogP contribution in [0, 0.1) is 0 Å². The molecule has 3 nitrogen and oxygen atoms in total. The van der Waals surface area contributed by atoms with Crippen LogP contribution in [0.15, 0.2) is 12.1 Å². The van der Waals surface area contributed by atoms with Crippen LogP contribution in [0.3, 0.4) is 0 Å². The fraction of sp³-hybridized carbons (Fsp3) is 0.706. The molecule has 0 saturated carbocycles. The molecule has 3 heteroatoms. The van der Waals surface area contributed by atoms with Crippen LogP contribution < -0.4 is 10.1 Å². The summed E-state index contributed by atoms with van der Waals surface area (Å²) in [4.78, 5) is 4.54. The van der Waals surface area contributed by atoms with E-state index >= 15 is 0 Å². The summed E-state index contributed by atoms with van der Waals surface area (Å²) in [6.07, 6.45) is 4.47. The van der Waals surface area contributed by atoms with E-state index in [0.29, 0.717) is 0 Å². The van der Waals surface area contributed by atoms with Crippen molar-refractivity contribution in [2.75, 3.05) is 6.61 Å². The Hall–Kier alpha value is -1.09. The number of ether oxygens (including phenoxy) is 1. The molecule has 20 heavy (non-hydrogen) atoms. The quantitative estimate of drug-likeness (QED) is 0.727. The highest BCUT2D eigenvalue weighted by atomic mass is 16.5. The Morgan fingerprint density at radius 2 is 1.90 bits per heavy atom. The molecular formula is C17H30N2O. The summed E-state index contributed by atoms with van der Waals surface area (Å²) < 4.78 is 5.78. The van der Waals surface area contributed by atoms with Crippen LogP contribution in [0.5, 0.6) is 5.88 Å². The van der Waals surface area contributed by atoms with E-state index in [1.54, 1.807) is 0 Å². The van der Waals surface area contributed by atoms with Gasteiger partial charge in [0.1, 0.15) is 0 Å². The summed E-state index contributed by atoms with van der Waals surface area (Å²) in [5.41, 5.74) is 2.47. The minimum atomic E-state index is 0.123. The summed E-state index contributed by atoms with van der Waals surface area (Å²) in [7, 11) is 0. The maximum atomic E-state index is 5.78. The van der Waals surface area contributed by atoms with Crippen LogP contribution in [0.25, 0.3) is 0 Å². The van der Waals surface area contributed by atoms with Gasteiger partial charge in [-0.2, -0.15) is 0 Å². The van der Waals surface area contributed by atoms with Crippen molar-refractivity contribution in [3.05, 3.63) is 23.4 Å². The molecule has 1 aromatic rings. The largest absolute Gasteiger partial charge is 0.478 e. The van der Waals surface area contributed by atoms with E-state index < -0.39 is 0 Å². The highest BCUT2D eigenvalue weighted by Gasteiger charge is 2.10. The van der Waals surface area contributed by atoms with E-state index in [-0.39, 0.29) is 5.54 Å². The molecular weight excluding hydrogens is 248 g/mol. The average Bonchev–Trinajstić information content (AvgIpc) is 2.40. The van der Waals surface area contributed by atoms with E-state index in [9.17, 15) is 0 Å². The van der Waals surface area contributed by atoms with Crippen LogP contribution in [0.1, 0.15) is 65.1 Å². The van der Waals surface area contributed by atoms with E-state index in [0.717, 1.165) is 37.6 Å². The van der Waals surface area contributed by atoms with Gasteiger partial charge >= 0.3 is 0 Å². The lowest BCUT2D eigenvalue weighted by molar-refractivity contribution is 0.293. The highest BCUT2D eigenvalue weighted by molar-refractivity contribution is 5.25. The van der Waals surface area contributed by atoms with Gasteiger partial charge in [0.25, 0.3) is 0 Å². The van der Waals surface area contributed by atoms with Gasteiger partial charge in [-0.3, -0.25) is 0 Å². The van der Waals surface area contributed by atoms with Gasteiger partial charge in [-0.1, -0.05) is 26.7 Å². The van der Waals surface area contributed by atoms with Crippen molar-refractivity contribution in [2.45, 2.75) is 72.4 Å². The summed E-state index contributed by atoms with van der Waals surface area (Å²) in [5.74, 6) is 0.770. The Kier molecular flexibility index (Phi) is 7.00. The van der Waals surface area contributed by atoms with Crippen molar-refractivity contribution in [3.63, 3.8) is 0 Å². The number of nitrogens with zero attached hydrogens (tertiary/aromatic N) is 1. The van der Waals surface area contributed by atoms with Crippen LogP contribution >= 0.6 is 0 Å². The third-order valence-corrected chi connectivity index (χ3v) is 3.10. The third kappa shape index (κ3) is 6.90. The second kappa shape index (κ2) is 8.25. The van der Waals surface area contributed by atoms with E-state index in [1.807, 2.05) is 0 Å². The number of pyridine rings is 1. The second-order valence-electron chi connectivity index (χ2n) is 6.32. The van der Waals surface area contributed by atoms with Crippen LogP contribution in [0.2, 0.25) is 0 Å². The zero-order valence-electron chi connectivity index (χ0n) is 13.8. The molecule has 0 bridgehead atoms. The van der Waals surface area contributed by atoms with Crippen LogP contribution in [0.4, 0.5) is 0 Å². The molecule has 1 heterocycles. The van der Waals surface area contributed by atoms with Crippen LogP contribution in [-0.4, -0.2) is 17.1 Å². The second-order valence-corrected chi connectivity index (χ2v) is 6.32.